The molecule has 1 aliphatic rings. The maximum absolute atomic E-state index is 12.8. The second-order valence-corrected chi connectivity index (χ2v) is 8.66. The summed E-state index contributed by atoms with van der Waals surface area (Å²) in [5.41, 5.74) is 2.65. The summed E-state index contributed by atoms with van der Waals surface area (Å²) in [5, 5.41) is 0. The smallest absolute Gasteiger partial charge is 0.254 e. The minimum atomic E-state index is -3.27. The summed E-state index contributed by atoms with van der Waals surface area (Å²) in [5.74, 6) is 1.24. The van der Waals surface area contributed by atoms with Crippen LogP contribution in [0.3, 0.4) is 0 Å². The molecule has 1 amide bonds. The van der Waals surface area contributed by atoms with Crippen molar-refractivity contribution >= 4 is 15.7 Å². The number of fused-ring (bicyclic) bond motifs is 1. The molecular formula is C20H23NO5S. The zero-order chi connectivity index (χ0) is 19.6. The predicted octanol–water partition coefficient (Wildman–Crippen LogP) is 2.70. The Bertz CT molecular complexity index is 951. The third-order valence-corrected chi connectivity index (χ3v) is 6.60. The fourth-order valence-corrected chi connectivity index (χ4v) is 4.09. The first-order valence-corrected chi connectivity index (χ1v) is 10.4. The molecule has 0 radical (unpaired) electrons. The molecule has 0 aromatic heterocycles. The minimum Gasteiger partial charge on any atom is -0.493 e. The highest BCUT2D eigenvalue weighted by molar-refractivity contribution is 7.91. The monoisotopic (exact) mass is 389 g/mol. The van der Waals surface area contributed by atoms with Crippen LogP contribution in [0, 0.1) is 0 Å². The van der Waals surface area contributed by atoms with Crippen molar-refractivity contribution in [2.24, 2.45) is 0 Å². The molecule has 7 heteroatoms. The second kappa shape index (κ2) is 7.60. The van der Waals surface area contributed by atoms with E-state index < -0.39 is 9.84 Å². The molecule has 2 aromatic rings. The Labute approximate surface area is 159 Å². The van der Waals surface area contributed by atoms with Crippen LogP contribution >= 0.6 is 0 Å². The molecule has 0 aliphatic carbocycles. The van der Waals surface area contributed by atoms with Crippen molar-refractivity contribution in [3.8, 4) is 11.5 Å². The fraction of sp³-hybridized carbons (Fsp3) is 0.350. The number of benzene rings is 2. The number of rotatable bonds is 5. The number of sulfone groups is 1. The van der Waals surface area contributed by atoms with Gasteiger partial charge in [-0.2, -0.15) is 0 Å². The normalized spacial score (nSPS) is 13.8. The number of carbonyl (C=O) groups excluding carboxylic acids is 1. The molecule has 1 aliphatic heterocycles. The lowest BCUT2D eigenvalue weighted by Gasteiger charge is -2.29. The number of hydrogen-bond donors (Lipinski definition) is 0. The highest BCUT2D eigenvalue weighted by atomic mass is 32.2. The Hall–Kier alpha value is -2.54. The molecule has 0 bridgehead atoms. The fourth-order valence-electron chi connectivity index (χ4n) is 3.21. The van der Waals surface area contributed by atoms with Gasteiger partial charge in [0, 0.05) is 18.7 Å². The number of amides is 1. The predicted molar refractivity (Wildman–Crippen MR) is 102 cm³/mol. The molecule has 1 heterocycles. The zero-order valence-electron chi connectivity index (χ0n) is 15.7. The van der Waals surface area contributed by atoms with Crippen molar-refractivity contribution in [3.05, 3.63) is 53.1 Å². The standard InChI is InChI=1S/C20H23NO5S/c1-4-27(23,24)17-7-5-14(6-8-17)20(22)21-10-9-15-11-18(25-2)19(26-3)12-16(15)13-21/h5-8,11-12H,4,9-10,13H2,1-3H3. The van der Waals surface area contributed by atoms with E-state index in [1.54, 1.807) is 38.2 Å². The lowest BCUT2D eigenvalue weighted by atomic mass is 9.98. The van der Waals surface area contributed by atoms with Gasteiger partial charge in [0.15, 0.2) is 21.3 Å². The first-order chi connectivity index (χ1) is 12.9. The van der Waals surface area contributed by atoms with E-state index >= 15 is 0 Å². The van der Waals surface area contributed by atoms with Crippen LogP contribution in [0.2, 0.25) is 0 Å². The molecule has 0 atom stereocenters. The zero-order valence-corrected chi connectivity index (χ0v) is 16.5. The highest BCUT2D eigenvalue weighted by Crippen LogP contribution is 2.33. The van der Waals surface area contributed by atoms with Gasteiger partial charge in [-0.1, -0.05) is 6.92 Å². The van der Waals surface area contributed by atoms with Crippen molar-refractivity contribution in [1.29, 1.82) is 0 Å². The third-order valence-electron chi connectivity index (χ3n) is 4.85. The first-order valence-electron chi connectivity index (χ1n) is 8.75. The largest absolute Gasteiger partial charge is 0.493 e. The average Bonchev–Trinajstić information content (AvgIpc) is 2.71. The van der Waals surface area contributed by atoms with Crippen LogP contribution in [-0.2, 0) is 22.8 Å². The van der Waals surface area contributed by atoms with Crippen molar-refractivity contribution in [2.75, 3.05) is 26.5 Å². The summed E-state index contributed by atoms with van der Waals surface area (Å²) in [7, 11) is -0.0828. The third kappa shape index (κ3) is 3.78. The van der Waals surface area contributed by atoms with Crippen molar-refractivity contribution in [1.82, 2.24) is 4.90 Å². The van der Waals surface area contributed by atoms with Gasteiger partial charge in [-0.3, -0.25) is 4.79 Å². The van der Waals surface area contributed by atoms with E-state index in [-0.39, 0.29) is 16.6 Å². The van der Waals surface area contributed by atoms with Gasteiger partial charge in [-0.05, 0) is 53.9 Å². The molecule has 6 nitrogen and oxygen atoms in total. The van der Waals surface area contributed by atoms with Crippen LogP contribution < -0.4 is 9.47 Å². The number of carbonyl (C=O) groups is 1. The summed E-state index contributed by atoms with van der Waals surface area (Å²) in [4.78, 5) is 14.8. The Kier molecular flexibility index (Phi) is 5.41. The summed E-state index contributed by atoms with van der Waals surface area (Å²) < 4.78 is 34.5. The van der Waals surface area contributed by atoms with Crippen LogP contribution in [-0.4, -0.2) is 45.7 Å². The molecule has 0 saturated carbocycles. The van der Waals surface area contributed by atoms with Crippen molar-refractivity contribution in [2.45, 2.75) is 24.8 Å². The van der Waals surface area contributed by atoms with Gasteiger partial charge in [0.2, 0.25) is 0 Å². The van der Waals surface area contributed by atoms with Gasteiger partial charge in [0.05, 0.1) is 24.9 Å². The summed E-state index contributed by atoms with van der Waals surface area (Å²) in [6.07, 6.45) is 0.726. The molecule has 0 saturated heterocycles. The molecule has 0 fully saturated rings. The molecular weight excluding hydrogens is 366 g/mol. The van der Waals surface area contributed by atoms with Crippen molar-refractivity contribution in [3.63, 3.8) is 0 Å². The van der Waals surface area contributed by atoms with Gasteiger partial charge >= 0.3 is 0 Å². The lowest BCUT2D eigenvalue weighted by molar-refractivity contribution is 0.0734. The molecule has 144 valence electrons. The Morgan fingerprint density at radius 2 is 1.63 bits per heavy atom. The first kappa shape index (κ1) is 19.2. The van der Waals surface area contributed by atoms with Gasteiger partial charge in [-0.15, -0.1) is 0 Å². The highest BCUT2D eigenvalue weighted by Gasteiger charge is 2.24. The van der Waals surface area contributed by atoms with E-state index in [9.17, 15) is 13.2 Å². The average molecular weight is 389 g/mol. The van der Waals surface area contributed by atoms with Crippen LogP contribution in [0.25, 0.3) is 0 Å². The number of nitrogens with zero attached hydrogens (tertiary/aromatic N) is 1. The maximum atomic E-state index is 12.8. The topological polar surface area (TPSA) is 72.9 Å². The molecule has 0 unspecified atom stereocenters. The van der Waals surface area contributed by atoms with Gasteiger partial charge < -0.3 is 14.4 Å². The van der Waals surface area contributed by atoms with Crippen LogP contribution in [0.4, 0.5) is 0 Å². The minimum absolute atomic E-state index is 0.0362. The number of hydrogen-bond acceptors (Lipinski definition) is 5. The Morgan fingerprint density at radius 3 is 2.19 bits per heavy atom. The van der Waals surface area contributed by atoms with E-state index in [0.717, 1.165) is 17.5 Å². The van der Waals surface area contributed by atoms with E-state index in [4.69, 9.17) is 9.47 Å². The second-order valence-electron chi connectivity index (χ2n) is 6.38. The van der Waals surface area contributed by atoms with E-state index in [0.29, 0.717) is 30.2 Å². The lowest BCUT2D eigenvalue weighted by Crippen LogP contribution is -2.36. The van der Waals surface area contributed by atoms with Gasteiger partial charge in [-0.25, -0.2) is 8.42 Å². The SMILES string of the molecule is CCS(=O)(=O)c1ccc(C(=O)N2CCc3cc(OC)c(OC)cc3C2)cc1. The van der Waals surface area contributed by atoms with Gasteiger partial charge in [0.25, 0.3) is 5.91 Å². The number of methoxy groups -OCH3 is 2. The Morgan fingerprint density at radius 1 is 1.04 bits per heavy atom. The maximum Gasteiger partial charge on any atom is 0.254 e. The molecule has 27 heavy (non-hydrogen) atoms. The summed E-state index contributed by atoms with van der Waals surface area (Å²) in [6.45, 7) is 2.67. The summed E-state index contributed by atoms with van der Waals surface area (Å²) >= 11 is 0. The van der Waals surface area contributed by atoms with Crippen molar-refractivity contribution < 1.29 is 22.7 Å². The van der Waals surface area contributed by atoms with Gasteiger partial charge in [0.1, 0.15) is 0 Å². The molecule has 0 N–H and O–H groups in total. The summed E-state index contributed by atoms with van der Waals surface area (Å²) in [6, 6.07) is 10.0. The molecule has 2 aromatic carbocycles. The molecule has 0 spiro atoms. The van der Waals surface area contributed by atoms with Crippen LogP contribution in [0.1, 0.15) is 28.4 Å². The molecule has 3 rings (SSSR count). The number of ether oxygens (including phenoxy) is 2. The Balaban J connectivity index is 1.81. The van der Waals surface area contributed by atoms with E-state index in [2.05, 4.69) is 0 Å². The van der Waals surface area contributed by atoms with E-state index in [1.165, 1.54) is 12.1 Å². The van der Waals surface area contributed by atoms with Crippen LogP contribution in [0.15, 0.2) is 41.3 Å². The quantitative estimate of drug-likeness (QED) is 0.786. The van der Waals surface area contributed by atoms with Crippen LogP contribution in [0.5, 0.6) is 11.5 Å². The van der Waals surface area contributed by atoms with E-state index in [1.807, 2.05) is 12.1 Å².